The van der Waals surface area contributed by atoms with Crippen LogP contribution in [-0.4, -0.2) is 52.4 Å². The number of halogens is 2. The summed E-state index contributed by atoms with van der Waals surface area (Å²) in [4.78, 5) is 23.8. The van der Waals surface area contributed by atoms with Crippen LogP contribution >= 0.6 is 11.9 Å². The normalized spacial score (nSPS) is 19.6. The van der Waals surface area contributed by atoms with E-state index in [1.165, 1.54) is 11.9 Å². The van der Waals surface area contributed by atoms with Crippen LogP contribution in [0.3, 0.4) is 0 Å². The van der Waals surface area contributed by atoms with Gasteiger partial charge in [-0.3, -0.25) is 10.1 Å². The molecular formula is C26H35F2N5O2S. The molecule has 7 nitrogen and oxygen atoms in total. The van der Waals surface area contributed by atoms with Gasteiger partial charge in [0.15, 0.2) is 0 Å². The number of aliphatic hydroxyl groups is 1. The Bertz CT molecular complexity index is 1050. The van der Waals surface area contributed by atoms with Crippen molar-refractivity contribution in [2.24, 2.45) is 5.41 Å². The number of piperidine rings is 1. The second-order valence-corrected chi connectivity index (χ2v) is 11.4. The van der Waals surface area contributed by atoms with Crippen molar-refractivity contribution in [1.29, 1.82) is 0 Å². The van der Waals surface area contributed by atoms with E-state index in [1.807, 2.05) is 18.2 Å². The Kier molecular flexibility index (Phi) is 8.34. The Hall–Kier alpha value is -2.46. The minimum Gasteiger partial charge on any atom is -0.395 e. The number of nitrogens with zero attached hydrogens (tertiary/aromatic N) is 3. The molecule has 10 heteroatoms. The van der Waals surface area contributed by atoms with Gasteiger partial charge >= 0.3 is 0 Å². The average Bonchev–Trinajstić information content (AvgIpc) is 2.84. The molecule has 1 saturated carbocycles. The van der Waals surface area contributed by atoms with E-state index in [9.17, 15) is 13.6 Å². The smallest absolute Gasteiger partial charge is 0.258 e. The van der Waals surface area contributed by atoms with Crippen LogP contribution in [0.4, 0.5) is 26.2 Å². The van der Waals surface area contributed by atoms with Crippen molar-refractivity contribution in [1.82, 2.24) is 9.97 Å². The summed E-state index contributed by atoms with van der Waals surface area (Å²) < 4.78 is 30.3. The summed E-state index contributed by atoms with van der Waals surface area (Å²) in [5.41, 5.74) is 2.78. The van der Waals surface area contributed by atoms with Crippen molar-refractivity contribution in [2.75, 3.05) is 40.4 Å². The molecule has 4 rings (SSSR count). The molecular weight excluding hydrogens is 484 g/mol. The predicted molar refractivity (Wildman–Crippen MR) is 141 cm³/mol. The fourth-order valence-electron chi connectivity index (χ4n) is 4.88. The van der Waals surface area contributed by atoms with E-state index in [-0.39, 0.29) is 50.3 Å². The van der Waals surface area contributed by atoms with Gasteiger partial charge in [0.25, 0.3) is 11.8 Å². The molecule has 2 aromatic rings. The quantitative estimate of drug-likeness (QED) is 0.304. The van der Waals surface area contributed by atoms with Crippen molar-refractivity contribution in [2.45, 2.75) is 64.2 Å². The number of aromatic nitrogens is 2. The number of rotatable bonds is 8. The number of benzene rings is 1. The molecule has 2 aliphatic rings. The van der Waals surface area contributed by atoms with Gasteiger partial charge in [-0.1, -0.05) is 25.8 Å². The van der Waals surface area contributed by atoms with Crippen LogP contribution in [0.2, 0.25) is 0 Å². The highest BCUT2D eigenvalue weighted by atomic mass is 32.2. The lowest BCUT2D eigenvalue weighted by molar-refractivity contribution is -0.0221. The van der Waals surface area contributed by atoms with E-state index >= 15 is 0 Å². The maximum Gasteiger partial charge on any atom is 0.258 e. The second kappa shape index (κ2) is 11.3. The molecule has 1 aliphatic carbocycles. The zero-order valence-corrected chi connectivity index (χ0v) is 21.7. The molecule has 0 unspecified atom stereocenters. The van der Waals surface area contributed by atoms with Crippen molar-refractivity contribution in [3.05, 3.63) is 41.6 Å². The lowest BCUT2D eigenvalue weighted by Gasteiger charge is -2.35. The van der Waals surface area contributed by atoms with Gasteiger partial charge < -0.3 is 14.7 Å². The van der Waals surface area contributed by atoms with E-state index in [4.69, 9.17) is 5.11 Å². The first-order valence-electron chi connectivity index (χ1n) is 12.6. The van der Waals surface area contributed by atoms with E-state index in [2.05, 4.69) is 33.9 Å². The SMILES string of the molecule is CC1(C)CCC(c2cc(NSCCO)ccc2C(=O)Nc2nccc(N3CCC(F)(F)CC3)n2)CC1. The topological polar surface area (TPSA) is 90.4 Å². The molecule has 0 bridgehead atoms. The first kappa shape index (κ1) is 26.6. The van der Waals surface area contributed by atoms with Crippen LogP contribution in [0, 0.1) is 5.41 Å². The van der Waals surface area contributed by atoms with Crippen LogP contribution in [0.25, 0.3) is 0 Å². The number of hydrogen-bond donors (Lipinski definition) is 3. The third-order valence-corrected chi connectivity index (χ3v) is 7.91. The summed E-state index contributed by atoms with van der Waals surface area (Å²) >= 11 is 1.42. The molecule has 196 valence electrons. The molecule has 3 N–H and O–H groups in total. The largest absolute Gasteiger partial charge is 0.395 e. The van der Waals surface area contributed by atoms with Crippen molar-refractivity contribution in [3.8, 4) is 0 Å². The summed E-state index contributed by atoms with van der Waals surface area (Å²) in [6, 6.07) is 7.40. The van der Waals surface area contributed by atoms with Gasteiger partial charge in [-0.05, 0) is 66.8 Å². The maximum absolute atomic E-state index is 13.5. The van der Waals surface area contributed by atoms with Gasteiger partial charge in [-0.25, -0.2) is 13.8 Å². The minimum absolute atomic E-state index is 0.0850. The third kappa shape index (κ3) is 6.85. The summed E-state index contributed by atoms with van der Waals surface area (Å²) in [5.74, 6) is -1.39. The predicted octanol–water partition coefficient (Wildman–Crippen LogP) is 5.70. The highest BCUT2D eigenvalue weighted by molar-refractivity contribution is 8.00. The summed E-state index contributed by atoms with van der Waals surface area (Å²) in [6.07, 6.45) is 5.32. The molecule has 1 saturated heterocycles. The first-order chi connectivity index (χ1) is 17.2. The number of anilines is 3. The Morgan fingerprint density at radius 2 is 1.89 bits per heavy atom. The van der Waals surface area contributed by atoms with Gasteiger partial charge in [-0.15, -0.1) is 0 Å². The van der Waals surface area contributed by atoms with Gasteiger partial charge in [0, 0.05) is 49.1 Å². The highest BCUT2D eigenvalue weighted by Crippen LogP contribution is 2.44. The zero-order chi connectivity index (χ0) is 25.8. The Balaban J connectivity index is 1.52. The second-order valence-electron chi connectivity index (χ2n) is 10.5. The monoisotopic (exact) mass is 519 g/mol. The number of carbonyl (C=O) groups is 1. The van der Waals surface area contributed by atoms with E-state index < -0.39 is 5.92 Å². The lowest BCUT2D eigenvalue weighted by atomic mass is 9.70. The van der Waals surface area contributed by atoms with Crippen molar-refractivity contribution < 1.29 is 18.7 Å². The molecule has 1 aromatic heterocycles. The molecule has 2 fully saturated rings. The zero-order valence-electron chi connectivity index (χ0n) is 20.9. The average molecular weight is 520 g/mol. The fourth-order valence-corrected chi connectivity index (χ4v) is 5.37. The van der Waals surface area contributed by atoms with E-state index in [1.54, 1.807) is 17.2 Å². The molecule has 36 heavy (non-hydrogen) atoms. The molecule has 1 aromatic carbocycles. The molecule has 0 radical (unpaired) electrons. The van der Waals surface area contributed by atoms with E-state index in [0.29, 0.717) is 22.5 Å². The molecule has 1 amide bonds. The van der Waals surface area contributed by atoms with Gasteiger partial charge in [0.05, 0.1) is 6.61 Å². The van der Waals surface area contributed by atoms with Crippen molar-refractivity contribution in [3.63, 3.8) is 0 Å². The number of aliphatic hydroxyl groups excluding tert-OH is 1. The Morgan fingerprint density at radius 3 is 2.58 bits per heavy atom. The number of amides is 1. The number of carbonyl (C=O) groups excluding carboxylic acids is 1. The van der Waals surface area contributed by atoms with Gasteiger partial charge in [0.1, 0.15) is 5.82 Å². The summed E-state index contributed by atoms with van der Waals surface area (Å²) in [6.45, 7) is 5.08. The number of alkyl halides is 2. The summed E-state index contributed by atoms with van der Waals surface area (Å²) in [7, 11) is 0. The van der Waals surface area contributed by atoms with E-state index in [0.717, 1.165) is 36.9 Å². The van der Waals surface area contributed by atoms with Gasteiger partial charge in [-0.2, -0.15) is 4.98 Å². The highest BCUT2D eigenvalue weighted by Gasteiger charge is 2.34. The minimum atomic E-state index is -2.64. The van der Waals surface area contributed by atoms with Crippen LogP contribution in [0.1, 0.15) is 74.2 Å². The number of nitrogens with one attached hydrogen (secondary N) is 2. The fraction of sp³-hybridized carbons (Fsp3) is 0.577. The molecule has 0 spiro atoms. The van der Waals surface area contributed by atoms with Crippen molar-refractivity contribution >= 4 is 35.3 Å². The Morgan fingerprint density at radius 1 is 1.17 bits per heavy atom. The Labute approximate surface area is 215 Å². The first-order valence-corrected chi connectivity index (χ1v) is 13.5. The summed E-state index contributed by atoms with van der Waals surface area (Å²) in [5, 5.41) is 11.9. The molecule has 2 heterocycles. The molecule has 1 aliphatic heterocycles. The van der Waals surface area contributed by atoms with Crippen LogP contribution in [0.15, 0.2) is 30.5 Å². The maximum atomic E-state index is 13.5. The number of hydrogen-bond acceptors (Lipinski definition) is 7. The third-order valence-electron chi connectivity index (χ3n) is 7.14. The van der Waals surface area contributed by atoms with Crippen LogP contribution in [0.5, 0.6) is 0 Å². The van der Waals surface area contributed by atoms with Gasteiger partial charge in [0.2, 0.25) is 5.95 Å². The standard InChI is InChI=1S/C26H35F2N5O2S/c1-25(2)8-5-18(6-9-25)21-17-19(32-36-16-15-34)3-4-20(21)23(35)31-24-29-12-7-22(30-24)33-13-10-26(27,28)11-14-33/h3-4,7,12,17-18,32,34H,5-6,8-11,13-16H2,1-2H3,(H,29,30,31,35). The molecule has 0 atom stereocenters. The van der Waals surface area contributed by atoms with Crippen LogP contribution < -0.4 is 14.9 Å². The lowest BCUT2D eigenvalue weighted by Crippen LogP contribution is -2.39. The van der Waals surface area contributed by atoms with Crippen LogP contribution in [-0.2, 0) is 0 Å².